The van der Waals surface area contributed by atoms with Crippen molar-refractivity contribution in [1.82, 2.24) is 4.98 Å². The van der Waals surface area contributed by atoms with Gasteiger partial charge in [-0.15, -0.1) is 0 Å². The van der Waals surface area contributed by atoms with Gasteiger partial charge in [0.25, 0.3) is 0 Å². The molecule has 60 valence electrons. The molecule has 0 aliphatic heterocycles. The van der Waals surface area contributed by atoms with E-state index in [0.717, 1.165) is 0 Å². The van der Waals surface area contributed by atoms with Crippen molar-refractivity contribution in [2.75, 3.05) is 0 Å². The molecule has 0 spiro atoms. The Kier molecular flexibility index (Phi) is 1.83. The normalized spacial score (nSPS) is 11.5. The molecule has 0 saturated carbocycles. The summed E-state index contributed by atoms with van der Waals surface area (Å²) in [6.45, 7) is 3.28. The van der Waals surface area contributed by atoms with Crippen LogP contribution in [0.1, 0.15) is 19.4 Å². The zero-order chi connectivity index (χ0) is 8.48. The molecule has 0 atom stereocenters. The first-order valence-corrected chi connectivity index (χ1v) is 3.42. The molecule has 1 aromatic heterocycles. The summed E-state index contributed by atoms with van der Waals surface area (Å²) in [7, 11) is 0. The van der Waals surface area contributed by atoms with E-state index in [2.05, 4.69) is 4.98 Å². The van der Waals surface area contributed by atoms with Crippen LogP contribution in [-0.4, -0.2) is 10.1 Å². The molecule has 0 bridgehead atoms. The summed E-state index contributed by atoms with van der Waals surface area (Å²) in [4.78, 5) is 13.2. The third-order valence-electron chi connectivity index (χ3n) is 1.48. The number of rotatable bonds is 1. The van der Waals surface area contributed by atoms with Crippen LogP contribution in [0.5, 0.6) is 0 Å². The molecular weight excluding hydrogens is 142 g/mol. The van der Waals surface area contributed by atoms with Crippen molar-refractivity contribution in [3.05, 3.63) is 34.2 Å². The van der Waals surface area contributed by atoms with Gasteiger partial charge in [0.05, 0.1) is 5.60 Å². The molecule has 0 radical (unpaired) electrons. The summed E-state index contributed by atoms with van der Waals surface area (Å²) in [6.07, 6.45) is 1.52. The van der Waals surface area contributed by atoms with E-state index < -0.39 is 5.60 Å². The number of pyridine rings is 1. The molecule has 0 aliphatic carbocycles. The second-order valence-corrected chi connectivity index (χ2v) is 3.00. The van der Waals surface area contributed by atoms with E-state index in [1.54, 1.807) is 19.9 Å². The summed E-state index contributed by atoms with van der Waals surface area (Å²) in [5.74, 6) is 0. The predicted molar refractivity (Wildman–Crippen MR) is 42.3 cm³/mol. The highest BCUT2D eigenvalue weighted by Crippen LogP contribution is 2.16. The van der Waals surface area contributed by atoms with Crippen LogP contribution in [-0.2, 0) is 5.60 Å². The molecule has 1 aromatic rings. The summed E-state index contributed by atoms with van der Waals surface area (Å²) in [6, 6.07) is 3.07. The SMILES string of the molecule is CC(C)(O)c1cc[nH]c(=O)c1. The van der Waals surface area contributed by atoms with E-state index in [0.29, 0.717) is 5.56 Å². The quantitative estimate of drug-likeness (QED) is 0.620. The van der Waals surface area contributed by atoms with Crippen LogP contribution in [0.2, 0.25) is 0 Å². The van der Waals surface area contributed by atoms with Crippen molar-refractivity contribution in [2.45, 2.75) is 19.4 Å². The molecule has 0 unspecified atom stereocenters. The van der Waals surface area contributed by atoms with Gasteiger partial charge in [0, 0.05) is 12.3 Å². The third-order valence-corrected chi connectivity index (χ3v) is 1.48. The summed E-state index contributed by atoms with van der Waals surface area (Å²) in [5, 5.41) is 9.46. The van der Waals surface area contributed by atoms with Crippen LogP contribution in [0, 0.1) is 0 Å². The Bertz CT molecular complexity index is 295. The van der Waals surface area contributed by atoms with E-state index in [4.69, 9.17) is 0 Å². The highest BCUT2D eigenvalue weighted by molar-refractivity contribution is 5.16. The van der Waals surface area contributed by atoms with Crippen LogP contribution < -0.4 is 5.56 Å². The molecule has 0 aliphatic rings. The average molecular weight is 153 g/mol. The van der Waals surface area contributed by atoms with Crippen molar-refractivity contribution < 1.29 is 5.11 Å². The van der Waals surface area contributed by atoms with Crippen molar-refractivity contribution in [3.8, 4) is 0 Å². The van der Waals surface area contributed by atoms with Gasteiger partial charge in [-0.25, -0.2) is 0 Å². The summed E-state index contributed by atoms with van der Waals surface area (Å²) in [5.41, 5.74) is -0.500. The lowest BCUT2D eigenvalue weighted by Gasteiger charge is -2.16. The Morgan fingerprint density at radius 1 is 1.55 bits per heavy atom. The highest BCUT2D eigenvalue weighted by Gasteiger charge is 2.15. The lowest BCUT2D eigenvalue weighted by Crippen LogP contribution is -2.18. The first-order chi connectivity index (χ1) is 5.00. The lowest BCUT2D eigenvalue weighted by atomic mass is 10.0. The van der Waals surface area contributed by atoms with E-state index in [1.807, 2.05) is 0 Å². The average Bonchev–Trinajstić information content (AvgIpc) is 1.86. The van der Waals surface area contributed by atoms with Gasteiger partial charge in [-0.2, -0.15) is 0 Å². The minimum atomic E-state index is -0.936. The molecule has 2 N–H and O–H groups in total. The molecule has 3 nitrogen and oxygen atoms in total. The third kappa shape index (κ3) is 1.91. The maximum atomic E-state index is 10.8. The van der Waals surface area contributed by atoms with Crippen LogP contribution in [0.15, 0.2) is 23.1 Å². The van der Waals surface area contributed by atoms with Gasteiger partial charge < -0.3 is 10.1 Å². The van der Waals surface area contributed by atoms with Crippen molar-refractivity contribution in [3.63, 3.8) is 0 Å². The van der Waals surface area contributed by atoms with Gasteiger partial charge in [0.1, 0.15) is 0 Å². The van der Waals surface area contributed by atoms with Crippen LogP contribution in [0.25, 0.3) is 0 Å². The zero-order valence-corrected chi connectivity index (χ0v) is 6.59. The number of aromatic amines is 1. The van der Waals surface area contributed by atoms with E-state index in [-0.39, 0.29) is 5.56 Å². The molecule has 1 heterocycles. The molecule has 0 fully saturated rings. The highest BCUT2D eigenvalue weighted by atomic mass is 16.3. The Labute approximate surface area is 64.7 Å². The topological polar surface area (TPSA) is 53.1 Å². The second kappa shape index (κ2) is 2.51. The Morgan fingerprint density at radius 3 is 2.55 bits per heavy atom. The first-order valence-electron chi connectivity index (χ1n) is 3.42. The number of aliphatic hydroxyl groups is 1. The van der Waals surface area contributed by atoms with E-state index >= 15 is 0 Å². The van der Waals surface area contributed by atoms with Crippen molar-refractivity contribution >= 4 is 0 Å². The number of hydrogen-bond acceptors (Lipinski definition) is 2. The molecule has 1 rings (SSSR count). The summed E-state index contributed by atoms with van der Waals surface area (Å²) >= 11 is 0. The van der Waals surface area contributed by atoms with Crippen LogP contribution >= 0.6 is 0 Å². The number of nitrogens with one attached hydrogen (secondary N) is 1. The maximum Gasteiger partial charge on any atom is 0.248 e. The smallest absolute Gasteiger partial charge is 0.248 e. The zero-order valence-electron chi connectivity index (χ0n) is 6.59. The number of H-pyrrole nitrogens is 1. The molecule has 11 heavy (non-hydrogen) atoms. The van der Waals surface area contributed by atoms with Gasteiger partial charge in [-0.05, 0) is 25.5 Å². The minimum absolute atomic E-state index is 0.190. The van der Waals surface area contributed by atoms with E-state index in [1.165, 1.54) is 12.3 Å². The van der Waals surface area contributed by atoms with Gasteiger partial charge in [-0.3, -0.25) is 4.79 Å². The fourth-order valence-electron chi connectivity index (χ4n) is 0.825. The summed E-state index contributed by atoms with van der Waals surface area (Å²) < 4.78 is 0. The van der Waals surface area contributed by atoms with Crippen LogP contribution in [0.3, 0.4) is 0 Å². The largest absolute Gasteiger partial charge is 0.386 e. The van der Waals surface area contributed by atoms with Gasteiger partial charge in [-0.1, -0.05) is 0 Å². The lowest BCUT2D eigenvalue weighted by molar-refractivity contribution is 0.0784. The van der Waals surface area contributed by atoms with Gasteiger partial charge in [0.15, 0.2) is 0 Å². The minimum Gasteiger partial charge on any atom is -0.386 e. The molecular formula is C8H11NO2. The predicted octanol–water partition coefficient (Wildman–Crippen LogP) is 0.602. The molecule has 3 heteroatoms. The monoisotopic (exact) mass is 153 g/mol. The Hall–Kier alpha value is -1.09. The van der Waals surface area contributed by atoms with Crippen LogP contribution in [0.4, 0.5) is 0 Å². The first kappa shape index (κ1) is 8.01. The maximum absolute atomic E-state index is 10.8. The second-order valence-electron chi connectivity index (χ2n) is 3.00. The fraction of sp³-hybridized carbons (Fsp3) is 0.375. The number of hydrogen-bond donors (Lipinski definition) is 2. The fourth-order valence-corrected chi connectivity index (χ4v) is 0.825. The van der Waals surface area contributed by atoms with E-state index in [9.17, 15) is 9.90 Å². The standard InChI is InChI=1S/C8H11NO2/c1-8(2,11)6-3-4-9-7(10)5-6/h3-5,11H,1-2H3,(H,9,10). The molecule has 0 amide bonds. The van der Waals surface area contributed by atoms with Gasteiger partial charge in [0.2, 0.25) is 5.56 Å². The van der Waals surface area contributed by atoms with Crippen molar-refractivity contribution in [2.24, 2.45) is 0 Å². The van der Waals surface area contributed by atoms with Crippen molar-refractivity contribution in [1.29, 1.82) is 0 Å². The van der Waals surface area contributed by atoms with Gasteiger partial charge >= 0.3 is 0 Å². The Morgan fingerprint density at radius 2 is 2.18 bits per heavy atom. The Balaban J connectivity index is 3.16. The number of aromatic nitrogens is 1. The molecule has 0 aromatic carbocycles. The molecule has 0 saturated heterocycles.